The van der Waals surface area contributed by atoms with Crippen molar-refractivity contribution >= 4 is 17.5 Å². The average molecular weight is 232 g/mol. The van der Waals surface area contributed by atoms with Gasteiger partial charge in [-0.25, -0.2) is 0 Å². The largest absolute Gasteiger partial charge is 0.355 e. The van der Waals surface area contributed by atoms with Crippen molar-refractivity contribution in [3.63, 3.8) is 0 Å². The maximum absolute atomic E-state index is 11.5. The van der Waals surface area contributed by atoms with Gasteiger partial charge in [-0.2, -0.15) is 0 Å². The molecule has 88 valence electrons. The van der Waals surface area contributed by atoms with E-state index < -0.39 is 0 Å². The molecule has 0 heterocycles. The van der Waals surface area contributed by atoms with E-state index in [1.165, 1.54) is 19.3 Å². The molecule has 1 N–H and O–H groups in total. The number of alkyl halides is 1. The van der Waals surface area contributed by atoms with Crippen LogP contribution >= 0.6 is 11.6 Å². The van der Waals surface area contributed by atoms with Crippen LogP contribution in [0.25, 0.3) is 0 Å². The molecule has 0 aromatic rings. The van der Waals surface area contributed by atoms with E-state index in [9.17, 15) is 4.79 Å². The second-order valence-corrected chi connectivity index (χ2v) is 5.65. The van der Waals surface area contributed by atoms with Gasteiger partial charge in [0.25, 0.3) is 0 Å². The summed E-state index contributed by atoms with van der Waals surface area (Å²) in [7, 11) is 0. The molecule has 15 heavy (non-hydrogen) atoms. The van der Waals surface area contributed by atoms with Gasteiger partial charge in [-0.15, -0.1) is 11.6 Å². The van der Waals surface area contributed by atoms with Crippen LogP contribution in [0.15, 0.2) is 0 Å². The molecular formula is C12H22ClNO. The minimum atomic E-state index is 0.0790. The van der Waals surface area contributed by atoms with Crippen molar-refractivity contribution in [2.45, 2.75) is 51.3 Å². The molecule has 1 atom stereocenters. The zero-order chi connectivity index (χ0) is 11.3. The van der Waals surface area contributed by atoms with Gasteiger partial charge in [-0.1, -0.05) is 20.3 Å². The molecule has 1 aliphatic carbocycles. The van der Waals surface area contributed by atoms with Gasteiger partial charge in [0.15, 0.2) is 0 Å². The second-order valence-electron chi connectivity index (χ2n) is 5.03. The number of carbonyl (C=O) groups excluding carboxylic acids is 1. The Balaban J connectivity index is 2.04. The first-order chi connectivity index (χ1) is 7.08. The lowest BCUT2D eigenvalue weighted by Crippen LogP contribution is -2.32. The van der Waals surface area contributed by atoms with Crippen molar-refractivity contribution in [3.05, 3.63) is 0 Å². The molecule has 0 aliphatic heterocycles. The van der Waals surface area contributed by atoms with E-state index in [1.54, 1.807) is 0 Å². The zero-order valence-corrected chi connectivity index (χ0v) is 10.5. The molecule has 1 saturated carbocycles. The summed E-state index contributed by atoms with van der Waals surface area (Å²) in [4.78, 5) is 11.5. The quantitative estimate of drug-likeness (QED) is 0.700. The number of rotatable bonds is 6. The summed E-state index contributed by atoms with van der Waals surface area (Å²) in [5.74, 6) is 1.41. The number of hydrogen-bond donors (Lipinski definition) is 1. The van der Waals surface area contributed by atoms with Gasteiger partial charge < -0.3 is 5.32 Å². The Hall–Kier alpha value is -0.240. The van der Waals surface area contributed by atoms with Crippen molar-refractivity contribution in [1.82, 2.24) is 5.32 Å². The van der Waals surface area contributed by atoms with Crippen LogP contribution in [0.5, 0.6) is 0 Å². The van der Waals surface area contributed by atoms with Gasteiger partial charge in [0, 0.05) is 13.0 Å². The highest BCUT2D eigenvalue weighted by Gasteiger charge is 2.20. The molecule has 2 nitrogen and oxygen atoms in total. The first-order valence-electron chi connectivity index (χ1n) is 5.98. The van der Waals surface area contributed by atoms with Crippen LogP contribution in [0.2, 0.25) is 0 Å². The normalized spacial score (nSPS) is 18.7. The number of carbonyl (C=O) groups is 1. The SMILES string of the molecule is CC(C)CC(Cl)CNC(=O)CC1CCC1. The van der Waals surface area contributed by atoms with Crippen LogP contribution in [0.4, 0.5) is 0 Å². The fraction of sp³-hybridized carbons (Fsp3) is 0.917. The number of amides is 1. The second kappa shape index (κ2) is 6.37. The van der Waals surface area contributed by atoms with Crippen LogP contribution < -0.4 is 5.32 Å². The Labute approximate surface area is 97.8 Å². The molecule has 1 rings (SSSR count). The molecule has 3 heteroatoms. The fourth-order valence-corrected chi connectivity index (χ4v) is 2.28. The lowest BCUT2D eigenvalue weighted by molar-refractivity contribution is -0.122. The molecular weight excluding hydrogens is 210 g/mol. The van der Waals surface area contributed by atoms with Crippen LogP contribution in [-0.4, -0.2) is 17.8 Å². The van der Waals surface area contributed by atoms with Crippen molar-refractivity contribution in [1.29, 1.82) is 0 Å². The van der Waals surface area contributed by atoms with Gasteiger partial charge in [0.2, 0.25) is 5.91 Å². The van der Waals surface area contributed by atoms with Crippen molar-refractivity contribution in [2.75, 3.05) is 6.54 Å². The molecule has 0 bridgehead atoms. The summed E-state index contributed by atoms with van der Waals surface area (Å²) in [6, 6.07) is 0. The lowest BCUT2D eigenvalue weighted by atomic mass is 9.83. The molecule has 1 unspecified atom stereocenters. The van der Waals surface area contributed by atoms with E-state index in [4.69, 9.17) is 11.6 Å². The van der Waals surface area contributed by atoms with E-state index in [0.717, 1.165) is 6.42 Å². The number of hydrogen-bond acceptors (Lipinski definition) is 1. The molecule has 0 radical (unpaired) electrons. The summed E-state index contributed by atoms with van der Waals surface area (Å²) in [5, 5.41) is 3.00. The maximum Gasteiger partial charge on any atom is 0.220 e. The average Bonchev–Trinajstić information content (AvgIpc) is 2.07. The topological polar surface area (TPSA) is 29.1 Å². The van der Waals surface area contributed by atoms with E-state index in [0.29, 0.717) is 24.8 Å². The molecule has 0 spiro atoms. The highest BCUT2D eigenvalue weighted by atomic mass is 35.5. The fourth-order valence-electron chi connectivity index (χ4n) is 1.85. The Morgan fingerprint density at radius 2 is 2.13 bits per heavy atom. The third-order valence-corrected chi connectivity index (χ3v) is 3.28. The first-order valence-corrected chi connectivity index (χ1v) is 6.42. The van der Waals surface area contributed by atoms with E-state index >= 15 is 0 Å². The van der Waals surface area contributed by atoms with Gasteiger partial charge in [0.1, 0.15) is 0 Å². The Bertz CT molecular complexity index is 202. The predicted octanol–water partition coefficient (Wildman–Crippen LogP) is 2.95. The zero-order valence-electron chi connectivity index (χ0n) is 9.76. The summed E-state index contributed by atoms with van der Waals surface area (Å²) in [5.41, 5.74) is 0. The maximum atomic E-state index is 11.5. The van der Waals surface area contributed by atoms with Gasteiger partial charge in [-0.3, -0.25) is 4.79 Å². The molecule has 1 aliphatic rings. The van der Waals surface area contributed by atoms with E-state index in [1.807, 2.05) is 0 Å². The smallest absolute Gasteiger partial charge is 0.220 e. The molecule has 1 fully saturated rings. The van der Waals surface area contributed by atoms with Crippen molar-refractivity contribution < 1.29 is 4.79 Å². The summed E-state index contributed by atoms with van der Waals surface area (Å²) in [6.07, 6.45) is 5.41. The van der Waals surface area contributed by atoms with Gasteiger partial charge in [-0.05, 0) is 31.1 Å². The Morgan fingerprint density at radius 1 is 1.47 bits per heavy atom. The Kier molecular flexibility index (Phi) is 5.44. The van der Waals surface area contributed by atoms with Crippen molar-refractivity contribution in [3.8, 4) is 0 Å². The monoisotopic (exact) mass is 231 g/mol. The van der Waals surface area contributed by atoms with Crippen LogP contribution in [-0.2, 0) is 4.79 Å². The highest BCUT2D eigenvalue weighted by Crippen LogP contribution is 2.29. The standard InChI is InChI=1S/C12H22ClNO/c1-9(2)6-11(13)8-14-12(15)7-10-4-3-5-10/h9-11H,3-8H2,1-2H3,(H,14,15). The first kappa shape index (κ1) is 12.8. The molecule has 0 aromatic carbocycles. The summed E-state index contributed by atoms with van der Waals surface area (Å²) >= 11 is 6.09. The van der Waals surface area contributed by atoms with Gasteiger partial charge >= 0.3 is 0 Å². The number of nitrogens with one attached hydrogen (secondary N) is 1. The summed E-state index contributed by atoms with van der Waals surface area (Å²) < 4.78 is 0. The third kappa shape index (κ3) is 5.41. The lowest BCUT2D eigenvalue weighted by Gasteiger charge is -2.24. The molecule has 0 saturated heterocycles. The molecule has 1 amide bonds. The molecule has 0 aromatic heterocycles. The highest BCUT2D eigenvalue weighted by molar-refractivity contribution is 6.20. The van der Waals surface area contributed by atoms with Crippen molar-refractivity contribution in [2.24, 2.45) is 11.8 Å². The van der Waals surface area contributed by atoms with Crippen LogP contribution in [0, 0.1) is 11.8 Å². The van der Waals surface area contributed by atoms with Crippen LogP contribution in [0.1, 0.15) is 46.0 Å². The number of halogens is 1. The minimum absolute atomic E-state index is 0.0790. The summed E-state index contributed by atoms with van der Waals surface area (Å²) in [6.45, 7) is 4.91. The Morgan fingerprint density at radius 3 is 2.60 bits per heavy atom. The predicted molar refractivity (Wildman–Crippen MR) is 64.1 cm³/mol. The minimum Gasteiger partial charge on any atom is -0.355 e. The van der Waals surface area contributed by atoms with Crippen LogP contribution in [0.3, 0.4) is 0 Å². The van der Waals surface area contributed by atoms with E-state index in [-0.39, 0.29) is 11.3 Å². The third-order valence-electron chi connectivity index (χ3n) is 2.95. The van der Waals surface area contributed by atoms with Gasteiger partial charge in [0.05, 0.1) is 5.38 Å². The van der Waals surface area contributed by atoms with E-state index in [2.05, 4.69) is 19.2 Å².